The molecule has 1 aromatic rings. The molecule has 9 heteroatoms. The summed E-state index contributed by atoms with van der Waals surface area (Å²) in [6.07, 6.45) is 5.53. The van der Waals surface area contributed by atoms with E-state index in [4.69, 9.17) is 23.2 Å². The van der Waals surface area contributed by atoms with Crippen molar-refractivity contribution < 1.29 is 18.0 Å². The lowest BCUT2D eigenvalue weighted by molar-refractivity contribution is 0.498. The second-order valence-corrected chi connectivity index (χ2v) is 7.79. The molecule has 0 atom stereocenters. The highest BCUT2D eigenvalue weighted by atomic mass is 35.5. The van der Waals surface area contributed by atoms with Crippen LogP contribution in [0.25, 0.3) is 0 Å². The SMILES string of the molecule is O=C=NC1(N=C=O)C=C(S(=O)(=O)c2ccccc2)C=CC1(Cl)Cl. The molecule has 0 saturated carbocycles. The maximum Gasteiger partial charge on any atom is 0.237 e. The summed E-state index contributed by atoms with van der Waals surface area (Å²) in [6.45, 7) is 0. The number of halogens is 2. The van der Waals surface area contributed by atoms with Crippen molar-refractivity contribution in [1.82, 2.24) is 0 Å². The van der Waals surface area contributed by atoms with Crippen molar-refractivity contribution in [3.8, 4) is 0 Å². The van der Waals surface area contributed by atoms with Crippen molar-refractivity contribution in [2.24, 2.45) is 9.98 Å². The molecule has 118 valence electrons. The van der Waals surface area contributed by atoms with Crippen LogP contribution in [0.5, 0.6) is 0 Å². The van der Waals surface area contributed by atoms with E-state index >= 15 is 0 Å². The smallest absolute Gasteiger partial charge is 0.219 e. The number of hydrogen-bond acceptors (Lipinski definition) is 6. The van der Waals surface area contributed by atoms with Crippen LogP contribution in [-0.4, -0.2) is 30.6 Å². The van der Waals surface area contributed by atoms with E-state index in [2.05, 4.69) is 9.98 Å². The molecular weight excluding hydrogens is 363 g/mol. The van der Waals surface area contributed by atoms with Gasteiger partial charge in [0.25, 0.3) is 0 Å². The van der Waals surface area contributed by atoms with Gasteiger partial charge in [0, 0.05) is 0 Å². The van der Waals surface area contributed by atoms with E-state index in [-0.39, 0.29) is 9.80 Å². The second kappa shape index (κ2) is 6.24. The van der Waals surface area contributed by atoms with Crippen molar-refractivity contribution in [3.63, 3.8) is 0 Å². The predicted octanol–water partition coefficient (Wildman–Crippen LogP) is 2.46. The normalized spacial score (nSPS) is 22.4. The fourth-order valence-electron chi connectivity index (χ4n) is 1.93. The zero-order valence-corrected chi connectivity index (χ0v) is 13.6. The van der Waals surface area contributed by atoms with Gasteiger partial charge >= 0.3 is 0 Å². The number of aliphatic imine (C=N–C) groups is 2. The minimum absolute atomic E-state index is 0.00612. The summed E-state index contributed by atoms with van der Waals surface area (Å²) < 4.78 is 23.3. The quantitative estimate of drug-likeness (QED) is 0.462. The van der Waals surface area contributed by atoms with Gasteiger partial charge in [-0.1, -0.05) is 41.4 Å². The number of alkyl halides is 2. The van der Waals surface area contributed by atoms with Crippen LogP contribution in [-0.2, 0) is 19.4 Å². The van der Waals surface area contributed by atoms with E-state index in [1.165, 1.54) is 24.3 Å². The zero-order chi connectivity index (χ0) is 17.1. The van der Waals surface area contributed by atoms with Crippen LogP contribution in [0.4, 0.5) is 0 Å². The fraction of sp³-hybridized carbons (Fsp3) is 0.143. The van der Waals surface area contributed by atoms with E-state index in [1.807, 2.05) is 0 Å². The van der Waals surface area contributed by atoms with E-state index in [1.54, 1.807) is 18.2 Å². The standard InChI is InChI=1S/C14H8Cl2N2O4S/c15-13(16)7-6-12(8-14(13,17-9-19)18-10-20)23(21,22)11-4-2-1-3-5-11/h1-8H. The molecule has 0 saturated heterocycles. The lowest BCUT2D eigenvalue weighted by atomic mass is 10.0. The Morgan fingerprint density at radius 3 is 2.09 bits per heavy atom. The van der Waals surface area contributed by atoms with Gasteiger partial charge in [0.15, 0.2) is 4.33 Å². The molecule has 6 nitrogen and oxygen atoms in total. The van der Waals surface area contributed by atoms with Crippen molar-refractivity contribution in [2.45, 2.75) is 14.9 Å². The van der Waals surface area contributed by atoms with Crippen molar-refractivity contribution in [3.05, 3.63) is 53.5 Å². The number of allylic oxidation sites excluding steroid dienone is 1. The molecule has 2 rings (SSSR count). The summed E-state index contributed by atoms with van der Waals surface area (Å²) in [7, 11) is -3.94. The van der Waals surface area contributed by atoms with Gasteiger partial charge in [-0.15, -0.1) is 0 Å². The van der Waals surface area contributed by atoms with E-state index in [0.29, 0.717) is 0 Å². The molecule has 1 aliphatic rings. The molecule has 1 aromatic carbocycles. The third kappa shape index (κ3) is 3.06. The van der Waals surface area contributed by atoms with Gasteiger partial charge in [-0.05, 0) is 30.4 Å². The Hall–Kier alpha value is -2.01. The molecule has 0 radical (unpaired) electrons. The van der Waals surface area contributed by atoms with Crippen LogP contribution in [0.3, 0.4) is 0 Å². The zero-order valence-electron chi connectivity index (χ0n) is 11.3. The highest BCUT2D eigenvalue weighted by molar-refractivity contribution is 7.95. The van der Waals surface area contributed by atoms with Crippen molar-refractivity contribution >= 4 is 45.2 Å². The summed E-state index contributed by atoms with van der Waals surface area (Å²) in [6, 6.07) is 7.54. The lowest BCUT2D eigenvalue weighted by Gasteiger charge is -2.32. The molecule has 0 spiro atoms. The Kier molecular flexibility index (Phi) is 4.71. The second-order valence-electron chi connectivity index (χ2n) is 4.45. The van der Waals surface area contributed by atoms with Gasteiger partial charge < -0.3 is 0 Å². The Balaban J connectivity index is 2.70. The van der Waals surface area contributed by atoms with Gasteiger partial charge in [-0.2, -0.15) is 9.98 Å². The highest BCUT2D eigenvalue weighted by Crippen LogP contribution is 2.45. The Labute approximate surface area is 141 Å². The first kappa shape index (κ1) is 17.3. The largest absolute Gasteiger partial charge is 0.237 e. The van der Waals surface area contributed by atoms with E-state index in [0.717, 1.165) is 18.2 Å². The van der Waals surface area contributed by atoms with Gasteiger partial charge in [0.2, 0.25) is 27.7 Å². The average Bonchev–Trinajstić information content (AvgIpc) is 2.51. The number of benzene rings is 1. The van der Waals surface area contributed by atoms with Gasteiger partial charge in [0.05, 0.1) is 9.80 Å². The van der Waals surface area contributed by atoms with Crippen LogP contribution in [0.15, 0.2) is 68.3 Å². The fourth-order valence-corrected chi connectivity index (χ4v) is 3.69. The Morgan fingerprint density at radius 2 is 1.57 bits per heavy atom. The van der Waals surface area contributed by atoms with Crippen molar-refractivity contribution in [1.29, 1.82) is 0 Å². The first-order chi connectivity index (χ1) is 10.8. The molecule has 0 bridgehead atoms. The number of carbonyl (C=O) groups excluding carboxylic acids is 2. The maximum absolute atomic E-state index is 12.6. The third-order valence-electron chi connectivity index (χ3n) is 3.09. The minimum Gasteiger partial charge on any atom is -0.219 e. The molecule has 0 unspecified atom stereocenters. The number of sulfone groups is 1. The van der Waals surface area contributed by atoms with Gasteiger partial charge in [0.1, 0.15) is 0 Å². The molecule has 0 aliphatic heterocycles. The molecule has 23 heavy (non-hydrogen) atoms. The maximum atomic E-state index is 12.6. The molecule has 1 aliphatic carbocycles. The van der Waals surface area contributed by atoms with Crippen LogP contribution >= 0.6 is 23.2 Å². The lowest BCUT2D eigenvalue weighted by Crippen LogP contribution is -2.42. The summed E-state index contributed by atoms with van der Waals surface area (Å²) >= 11 is 12.0. The molecular formula is C14H8Cl2N2O4S. The summed E-state index contributed by atoms with van der Waals surface area (Å²) in [5.74, 6) is 0. The highest BCUT2D eigenvalue weighted by Gasteiger charge is 2.51. The van der Waals surface area contributed by atoms with Gasteiger partial charge in [-0.3, -0.25) is 0 Å². The minimum atomic E-state index is -3.94. The summed E-state index contributed by atoms with van der Waals surface area (Å²) in [4.78, 5) is 27.7. The topological polar surface area (TPSA) is 93.0 Å². The van der Waals surface area contributed by atoms with Crippen LogP contribution in [0, 0.1) is 0 Å². The third-order valence-corrected chi connectivity index (χ3v) is 5.66. The van der Waals surface area contributed by atoms with Crippen LogP contribution < -0.4 is 0 Å². The molecule has 0 N–H and O–H groups in total. The first-order valence-electron chi connectivity index (χ1n) is 6.07. The monoisotopic (exact) mass is 370 g/mol. The first-order valence-corrected chi connectivity index (χ1v) is 8.31. The summed E-state index contributed by atoms with van der Waals surface area (Å²) in [5, 5.41) is 0. The van der Waals surface area contributed by atoms with Crippen molar-refractivity contribution in [2.75, 3.05) is 0 Å². The molecule has 0 aromatic heterocycles. The number of rotatable bonds is 4. The van der Waals surface area contributed by atoms with E-state index < -0.39 is 19.8 Å². The van der Waals surface area contributed by atoms with Crippen LogP contribution in [0.1, 0.15) is 0 Å². The number of nitrogens with zero attached hydrogens (tertiary/aromatic N) is 2. The Bertz CT molecular complexity index is 861. The number of hydrogen-bond donors (Lipinski definition) is 0. The van der Waals surface area contributed by atoms with E-state index in [9.17, 15) is 18.0 Å². The summed E-state index contributed by atoms with van der Waals surface area (Å²) in [5.41, 5.74) is -2.16. The molecule has 0 amide bonds. The number of isocyanates is 2. The molecule has 0 heterocycles. The van der Waals surface area contributed by atoms with Gasteiger partial charge in [-0.25, -0.2) is 18.0 Å². The molecule has 0 fully saturated rings. The Morgan fingerprint density at radius 1 is 1.00 bits per heavy atom. The average molecular weight is 371 g/mol. The van der Waals surface area contributed by atoms with Crippen LogP contribution in [0.2, 0.25) is 0 Å². The predicted molar refractivity (Wildman–Crippen MR) is 84.3 cm³/mol.